The van der Waals surface area contributed by atoms with Crippen LogP contribution in [0.3, 0.4) is 0 Å². The number of pyridine rings is 1. The number of methoxy groups -OCH3 is 2. The zero-order valence-corrected chi connectivity index (χ0v) is 17.7. The third kappa shape index (κ3) is 4.11. The average Bonchev–Trinajstić information content (AvgIpc) is 3.22. The number of carbonyl (C=O) groups excluding carboxylic acids is 1. The lowest BCUT2D eigenvalue weighted by atomic mass is 10.1. The molecular formula is C23H21N3O3S. The standard InChI is InChI=1S/C23H21N3O3S/c1-14-7-8-15-5-4-6-18(22(15)24-14)26-21(27)12-17-13-30-23(25-17)16-9-10-19(28-2)20(11-16)29-3/h4-11,13H,12H2,1-3H3,(H,26,27). The van der Waals surface area contributed by atoms with Gasteiger partial charge in [0.05, 0.1) is 37.5 Å². The molecule has 30 heavy (non-hydrogen) atoms. The highest BCUT2D eigenvalue weighted by Crippen LogP contribution is 2.33. The van der Waals surface area contributed by atoms with Crippen LogP contribution in [0.2, 0.25) is 0 Å². The summed E-state index contributed by atoms with van der Waals surface area (Å²) in [6.45, 7) is 1.93. The molecule has 0 aliphatic heterocycles. The summed E-state index contributed by atoms with van der Waals surface area (Å²) in [4.78, 5) is 21.8. The Morgan fingerprint density at radius 2 is 1.87 bits per heavy atom. The maximum atomic E-state index is 12.6. The second kappa shape index (κ2) is 8.51. The van der Waals surface area contributed by atoms with Gasteiger partial charge in [-0.25, -0.2) is 4.98 Å². The van der Waals surface area contributed by atoms with Gasteiger partial charge < -0.3 is 14.8 Å². The Morgan fingerprint density at radius 3 is 2.67 bits per heavy atom. The van der Waals surface area contributed by atoms with Gasteiger partial charge in [0.25, 0.3) is 0 Å². The number of amides is 1. The number of hydrogen-bond donors (Lipinski definition) is 1. The minimum absolute atomic E-state index is 0.130. The van der Waals surface area contributed by atoms with Crippen LogP contribution in [0.5, 0.6) is 11.5 Å². The summed E-state index contributed by atoms with van der Waals surface area (Å²) in [7, 11) is 3.20. The van der Waals surface area contributed by atoms with Crippen LogP contribution in [0, 0.1) is 6.92 Å². The van der Waals surface area contributed by atoms with Crippen molar-refractivity contribution in [1.29, 1.82) is 0 Å². The van der Waals surface area contributed by atoms with Crippen LogP contribution < -0.4 is 14.8 Å². The molecule has 2 aromatic carbocycles. The van der Waals surface area contributed by atoms with E-state index in [9.17, 15) is 4.79 Å². The van der Waals surface area contributed by atoms with Crippen molar-refractivity contribution in [2.24, 2.45) is 0 Å². The molecule has 1 amide bonds. The number of para-hydroxylation sites is 1. The van der Waals surface area contributed by atoms with Crippen LogP contribution in [0.4, 0.5) is 5.69 Å². The first-order chi connectivity index (χ1) is 14.6. The van der Waals surface area contributed by atoms with Gasteiger partial charge in [0.2, 0.25) is 5.91 Å². The molecule has 0 aliphatic carbocycles. The molecule has 0 fully saturated rings. The number of thiazole rings is 1. The molecule has 0 atom stereocenters. The Labute approximate surface area is 178 Å². The number of anilines is 1. The number of hydrogen-bond acceptors (Lipinski definition) is 6. The molecular weight excluding hydrogens is 398 g/mol. The van der Waals surface area contributed by atoms with Gasteiger partial charge in [-0.2, -0.15) is 0 Å². The lowest BCUT2D eigenvalue weighted by Crippen LogP contribution is -2.15. The first kappa shape index (κ1) is 19.8. The summed E-state index contributed by atoms with van der Waals surface area (Å²) in [5, 5.41) is 6.68. The zero-order valence-electron chi connectivity index (χ0n) is 16.9. The molecule has 0 spiro atoms. The quantitative estimate of drug-likeness (QED) is 0.483. The summed E-state index contributed by atoms with van der Waals surface area (Å²) in [6, 6.07) is 15.4. The minimum atomic E-state index is -0.130. The number of aryl methyl sites for hydroxylation is 1. The maximum absolute atomic E-state index is 12.6. The summed E-state index contributed by atoms with van der Waals surface area (Å²) in [5.74, 6) is 1.18. The Kier molecular flexibility index (Phi) is 5.63. The van der Waals surface area contributed by atoms with Crippen LogP contribution in [0.1, 0.15) is 11.4 Å². The number of benzene rings is 2. The first-order valence-corrected chi connectivity index (χ1v) is 10.3. The molecule has 0 radical (unpaired) electrons. The SMILES string of the molecule is COc1ccc(-c2nc(CC(=O)Nc3cccc4ccc(C)nc34)cs2)cc1OC. The predicted molar refractivity (Wildman–Crippen MR) is 119 cm³/mol. The topological polar surface area (TPSA) is 73.3 Å². The fraction of sp³-hybridized carbons (Fsp3) is 0.174. The number of carbonyl (C=O) groups is 1. The predicted octanol–water partition coefficient (Wildman–Crippen LogP) is 4.87. The Morgan fingerprint density at radius 1 is 1.03 bits per heavy atom. The van der Waals surface area contributed by atoms with Gasteiger partial charge in [0.15, 0.2) is 11.5 Å². The number of ether oxygens (including phenoxy) is 2. The van der Waals surface area contributed by atoms with Crippen molar-refractivity contribution in [3.05, 3.63) is 65.3 Å². The minimum Gasteiger partial charge on any atom is -0.493 e. The van der Waals surface area contributed by atoms with Crippen LogP contribution in [-0.2, 0) is 11.2 Å². The van der Waals surface area contributed by atoms with E-state index in [1.165, 1.54) is 11.3 Å². The second-order valence-corrected chi connectivity index (χ2v) is 7.63. The van der Waals surface area contributed by atoms with Crippen LogP contribution in [-0.4, -0.2) is 30.1 Å². The average molecular weight is 420 g/mol. The summed E-state index contributed by atoms with van der Waals surface area (Å²) >= 11 is 1.49. The molecule has 0 unspecified atom stereocenters. The van der Waals surface area contributed by atoms with Gasteiger partial charge in [-0.1, -0.05) is 18.2 Å². The van der Waals surface area contributed by atoms with E-state index in [1.807, 2.05) is 60.8 Å². The highest BCUT2D eigenvalue weighted by atomic mass is 32.1. The maximum Gasteiger partial charge on any atom is 0.230 e. The van der Waals surface area contributed by atoms with Crippen molar-refractivity contribution in [3.8, 4) is 22.1 Å². The van der Waals surface area contributed by atoms with Gasteiger partial charge in [0.1, 0.15) is 5.01 Å². The van der Waals surface area contributed by atoms with Crippen LogP contribution >= 0.6 is 11.3 Å². The second-order valence-electron chi connectivity index (χ2n) is 6.77. The number of nitrogens with zero attached hydrogens (tertiary/aromatic N) is 2. The lowest BCUT2D eigenvalue weighted by Gasteiger charge is -2.08. The molecule has 0 aliphatic rings. The van der Waals surface area contributed by atoms with E-state index >= 15 is 0 Å². The van der Waals surface area contributed by atoms with Gasteiger partial charge in [-0.15, -0.1) is 11.3 Å². The molecule has 152 valence electrons. The van der Waals surface area contributed by atoms with Crippen molar-refractivity contribution in [3.63, 3.8) is 0 Å². The molecule has 2 heterocycles. The molecule has 4 rings (SSSR count). The molecule has 0 saturated carbocycles. The molecule has 6 nitrogen and oxygen atoms in total. The van der Waals surface area contributed by atoms with E-state index < -0.39 is 0 Å². The van der Waals surface area contributed by atoms with Gasteiger partial charge in [-0.05, 0) is 37.3 Å². The smallest absolute Gasteiger partial charge is 0.230 e. The van der Waals surface area contributed by atoms with E-state index in [2.05, 4.69) is 15.3 Å². The van der Waals surface area contributed by atoms with E-state index in [0.717, 1.165) is 27.2 Å². The van der Waals surface area contributed by atoms with Crippen molar-refractivity contribution in [2.45, 2.75) is 13.3 Å². The van der Waals surface area contributed by atoms with Gasteiger partial charge in [-0.3, -0.25) is 9.78 Å². The monoisotopic (exact) mass is 419 g/mol. The molecule has 0 saturated heterocycles. The Balaban J connectivity index is 1.51. The molecule has 4 aromatic rings. The van der Waals surface area contributed by atoms with Crippen molar-refractivity contribution in [1.82, 2.24) is 9.97 Å². The van der Waals surface area contributed by atoms with Crippen molar-refractivity contribution < 1.29 is 14.3 Å². The normalized spacial score (nSPS) is 10.8. The lowest BCUT2D eigenvalue weighted by molar-refractivity contribution is -0.115. The van der Waals surface area contributed by atoms with E-state index in [0.29, 0.717) is 22.9 Å². The van der Waals surface area contributed by atoms with Crippen LogP contribution in [0.25, 0.3) is 21.5 Å². The fourth-order valence-electron chi connectivity index (χ4n) is 3.19. The highest BCUT2D eigenvalue weighted by Gasteiger charge is 2.13. The fourth-order valence-corrected chi connectivity index (χ4v) is 4.01. The molecule has 2 aromatic heterocycles. The number of nitrogens with one attached hydrogen (secondary N) is 1. The summed E-state index contributed by atoms with van der Waals surface area (Å²) in [5.41, 5.74) is 4.03. The molecule has 1 N–H and O–H groups in total. The van der Waals surface area contributed by atoms with Crippen molar-refractivity contribution >= 4 is 33.8 Å². The Hall–Kier alpha value is -3.45. The van der Waals surface area contributed by atoms with Gasteiger partial charge in [0, 0.05) is 22.0 Å². The number of fused-ring (bicyclic) bond motifs is 1. The zero-order chi connectivity index (χ0) is 21.1. The van der Waals surface area contributed by atoms with Crippen molar-refractivity contribution in [2.75, 3.05) is 19.5 Å². The van der Waals surface area contributed by atoms with Gasteiger partial charge >= 0.3 is 0 Å². The third-order valence-electron chi connectivity index (χ3n) is 4.66. The third-order valence-corrected chi connectivity index (χ3v) is 5.60. The largest absolute Gasteiger partial charge is 0.493 e. The first-order valence-electron chi connectivity index (χ1n) is 9.40. The Bertz CT molecular complexity index is 1220. The van der Waals surface area contributed by atoms with E-state index in [1.54, 1.807) is 14.2 Å². The number of rotatable bonds is 6. The molecule has 0 bridgehead atoms. The highest BCUT2D eigenvalue weighted by molar-refractivity contribution is 7.13. The molecule has 7 heteroatoms. The summed E-state index contributed by atoms with van der Waals surface area (Å²) in [6.07, 6.45) is 0.187. The summed E-state index contributed by atoms with van der Waals surface area (Å²) < 4.78 is 10.6. The van der Waals surface area contributed by atoms with Crippen LogP contribution in [0.15, 0.2) is 53.9 Å². The van der Waals surface area contributed by atoms with E-state index in [-0.39, 0.29) is 12.3 Å². The van der Waals surface area contributed by atoms with E-state index in [4.69, 9.17) is 9.47 Å². The number of aromatic nitrogens is 2.